The predicted octanol–water partition coefficient (Wildman–Crippen LogP) is 3.20. The Bertz CT molecular complexity index is 587. The predicted molar refractivity (Wildman–Crippen MR) is 65.3 cm³/mol. The fourth-order valence-electron chi connectivity index (χ4n) is 1.33. The maximum atomic E-state index is 13.5. The van der Waals surface area contributed by atoms with Crippen molar-refractivity contribution in [2.24, 2.45) is 0 Å². The van der Waals surface area contributed by atoms with Gasteiger partial charge in [-0.25, -0.2) is 9.37 Å². The van der Waals surface area contributed by atoms with E-state index < -0.39 is 11.6 Å². The lowest BCUT2D eigenvalue weighted by molar-refractivity contribution is 0.403. The summed E-state index contributed by atoms with van der Waals surface area (Å²) < 4.78 is 32.1. The molecular weight excluding hydrogens is 308 g/mol. The van der Waals surface area contributed by atoms with Crippen LogP contribution in [0, 0.1) is 18.6 Å². The van der Waals surface area contributed by atoms with Crippen LogP contribution in [0.4, 0.5) is 14.6 Å². The molecule has 1 heterocycles. The molecule has 1 aromatic carbocycles. The molecule has 7 heteroatoms. The molecule has 0 spiro atoms. The summed E-state index contributed by atoms with van der Waals surface area (Å²) in [5, 5.41) is 0. The van der Waals surface area contributed by atoms with E-state index in [2.05, 4.69) is 25.9 Å². The van der Waals surface area contributed by atoms with E-state index >= 15 is 0 Å². The first-order valence-corrected chi connectivity index (χ1v) is 5.68. The minimum atomic E-state index is -1.09. The van der Waals surface area contributed by atoms with Crippen molar-refractivity contribution in [3.05, 3.63) is 40.1 Å². The Kier molecular flexibility index (Phi) is 3.42. The van der Waals surface area contributed by atoms with Gasteiger partial charge in [-0.05, 0) is 19.1 Å². The number of benzene rings is 1. The molecule has 0 unspecified atom stereocenters. The quantitative estimate of drug-likeness (QED) is 0.864. The number of rotatable bonds is 2. The van der Waals surface area contributed by atoms with E-state index in [9.17, 15) is 8.78 Å². The largest absolute Gasteiger partial charge is 0.436 e. The lowest BCUT2D eigenvalue weighted by Crippen LogP contribution is -1.99. The van der Waals surface area contributed by atoms with Crippen LogP contribution in [0.25, 0.3) is 0 Å². The first-order valence-electron chi connectivity index (χ1n) is 4.89. The number of nitrogen functional groups attached to an aromatic ring is 1. The lowest BCUT2D eigenvalue weighted by atomic mass is 10.3. The van der Waals surface area contributed by atoms with Gasteiger partial charge in [-0.3, -0.25) is 0 Å². The fourth-order valence-corrected chi connectivity index (χ4v) is 1.74. The Morgan fingerprint density at radius 3 is 2.61 bits per heavy atom. The van der Waals surface area contributed by atoms with Crippen molar-refractivity contribution in [1.82, 2.24) is 9.97 Å². The van der Waals surface area contributed by atoms with E-state index in [4.69, 9.17) is 10.5 Å². The SMILES string of the molecule is Cc1nc(N)cc(Oc2cc(Br)cc(F)c2F)n1. The van der Waals surface area contributed by atoms with Gasteiger partial charge < -0.3 is 10.5 Å². The van der Waals surface area contributed by atoms with E-state index in [1.54, 1.807) is 6.92 Å². The Labute approximate surface area is 110 Å². The highest BCUT2D eigenvalue weighted by molar-refractivity contribution is 9.10. The number of aryl methyl sites for hydroxylation is 1. The molecule has 0 fully saturated rings. The van der Waals surface area contributed by atoms with Crippen molar-refractivity contribution < 1.29 is 13.5 Å². The van der Waals surface area contributed by atoms with Crippen LogP contribution < -0.4 is 10.5 Å². The molecule has 2 aromatic rings. The maximum absolute atomic E-state index is 13.5. The normalized spacial score (nSPS) is 10.4. The number of nitrogens with zero attached hydrogens (tertiary/aromatic N) is 2. The average molecular weight is 316 g/mol. The number of ether oxygens (including phenoxy) is 1. The van der Waals surface area contributed by atoms with E-state index in [0.717, 1.165) is 6.07 Å². The number of hydrogen-bond acceptors (Lipinski definition) is 4. The Balaban J connectivity index is 2.39. The van der Waals surface area contributed by atoms with Crippen LogP contribution in [-0.2, 0) is 0 Å². The van der Waals surface area contributed by atoms with Gasteiger partial charge in [0.2, 0.25) is 11.7 Å². The molecule has 0 aliphatic rings. The van der Waals surface area contributed by atoms with Gasteiger partial charge >= 0.3 is 0 Å². The molecule has 0 aliphatic heterocycles. The van der Waals surface area contributed by atoms with Gasteiger partial charge in [0.25, 0.3) is 0 Å². The summed E-state index contributed by atoms with van der Waals surface area (Å²) in [6, 6.07) is 3.62. The highest BCUT2D eigenvalue weighted by Gasteiger charge is 2.13. The maximum Gasteiger partial charge on any atom is 0.224 e. The smallest absolute Gasteiger partial charge is 0.224 e. The number of anilines is 1. The third kappa shape index (κ3) is 2.73. The van der Waals surface area contributed by atoms with E-state index in [0.29, 0.717) is 10.3 Å². The zero-order chi connectivity index (χ0) is 13.3. The zero-order valence-corrected chi connectivity index (χ0v) is 10.8. The van der Waals surface area contributed by atoms with Crippen LogP contribution in [0.3, 0.4) is 0 Å². The highest BCUT2D eigenvalue weighted by atomic mass is 79.9. The van der Waals surface area contributed by atoms with Crippen LogP contribution >= 0.6 is 15.9 Å². The van der Waals surface area contributed by atoms with Crippen LogP contribution in [0.2, 0.25) is 0 Å². The van der Waals surface area contributed by atoms with Crippen LogP contribution in [0.1, 0.15) is 5.82 Å². The summed E-state index contributed by atoms with van der Waals surface area (Å²) in [4.78, 5) is 7.76. The van der Waals surface area contributed by atoms with Gasteiger partial charge in [0.05, 0.1) is 0 Å². The van der Waals surface area contributed by atoms with Crippen molar-refractivity contribution >= 4 is 21.7 Å². The van der Waals surface area contributed by atoms with E-state index in [-0.39, 0.29) is 17.4 Å². The Morgan fingerprint density at radius 2 is 1.94 bits per heavy atom. The van der Waals surface area contributed by atoms with Crippen molar-refractivity contribution in [2.75, 3.05) is 5.73 Å². The lowest BCUT2D eigenvalue weighted by Gasteiger charge is -2.08. The van der Waals surface area contributed by atoms with Crippen molar-refractivity contribution in [2.45, 2.75) is 6.92 Å². The van der Waals surface area contributed by atoms with E-state index in [1.807, 2.05) is 0 Å². The summed E-state index contributed by atoms with van der Waals surface area (Å²) >= 11 is 3.05. The molecule has 0 saturated carbocycles. The monoisotopic (exact) mass is 315 g/mol. The summed E-state index contributed by atoms with van der Waals surface area (Å²) in [6.07, 6.45) is 0. The second-order valence-electron chi connectivity index (χ2n) is 3.48. The molecule has 0 bridgehead atoms. The molecule has 1 aromatic heterocycles. The molecule has 18 heavy (non-hydrogen) atoms. The molecule has 0 saturated heterocycles. The van der Waals surface area contributed by atoms with Gasteiger partial charge in [0.1, 0.15) is 11.6 Å². The minimum absolute atomic E-state index is 0.0522. The van der Waals surface area contributed by atoms with Crippen LogP contribution in [-0.4, -0.2) is 9.97 Å². The first kappa shape index (κ1) is 12.7. The third-order valence-electron chi connectivity index (χ3n) is 2.01. The topological polar surface area (TPSA) is 61.0 Å². The molecular formula is C11H8BrF2N3O. The molecule has 0 atom stereocenters. The molecule has 0 aliphatic carbocycles. The second-order valence-corrected chi connectivity index (χ2v) is 4.40. The first-order chi connectivity index (χ1) is 8.45. The van der Waals surface area contributed by atoms with Gasteiger partial charge in [0.15, 0.2) is 11.6 Å². The number of halogens is 3. The third-order valence-corrected chi connectivity index (χ3v) is 2.47. The molecule has 0 amide bonds. The van der Waals surface area contributed by atoms with E-state index in [1.165, 1.54) is 12.1 Å². The average Bonchev–Trinajstić information content (AvgIpc) is 2.23. The minimum Gasteiger partial charge on any atom is -0.436 e. The molecule has 94 valence electrons. The Hall–Kier alpha value is -1.76. The van der Waals surface area contributed by atoms with Gasteiger partial charge in [-0.1, -0.05) is 15.9 Å². The number of hydrogen-bond donors (Lipinski definition) is 1. The number of nitrogens with two attached hydrogens (primary N) is 1. The standard InChI is InChI=1S/C11H8BrF2N3O/c1-5-16-9(15)4-10(17-5)18-8-3-6(12)2-7(13)11(8)14/h2-4H,1H3,(H2,15,16,17). The summed E-state index contributed by atoms with van der Waals surface area (Å²) in [5.74, 6) is -1.77. The zero-order valence-electron chi connectivity index (χ0n) is 9.25. The van der Waals surface area contributed by atoms with Crippen molar-refractivity contribution in [1.29, 1.82) is 0 Å². The van der Waals surface area contributed by atoms with Gasteiger partial charge in [0, 0.05) is 10.5 Å². The summed E-state index contributed by atoms with van der Waals surface area (Å²) in [7, 11) is 0. The van der Waals surface area contributed by atoms with Crippen molar-refractivity contribution in [3.8, 4) is 11.6 Å². The summed E-state index contributed by atoms with van der Waals surface area (Å²) in [6.45, 7) is 1.61. The van der Waals surface area contributed by atoms with Gasteiger partial charge in [-0.2, -0.15) is 9.37 Å². The number of aromatic nitrogens is 2. The summed E-state index contributed by atoms with van der Waals surface area (Å²) in [5.41, 5.74) is 5.50. The van der Waals surface area contributed by atoms with Gasteiger partial charge in [-0.15, -0.1) is 0 Å². The molecule has 2 N–H and O–H groups in total. The molecule has 0 radical (unpaired) electrons. The Morgan fingerprint density at radius 1 is 1.22 bits per heavy atom. The fraction of sp³-hybridized carbons (Fsp3) is 0.0909. The van der Waals surface area contributed by atoms with Crippen LogP contribution in [0.15, 0.2) is 22.7 Å². The molecule has 4 nitrogen and oxygen atoms in total. The van der Waals surface area contributed by atoms with Crippen molar-refractivity contribution in [3.63, 3.8) is 0 Å². The second kappa shape index (κ2) is 4.85. The molecule has 2 rings (SSSR count). The van der Waals surface area contributed by atoms with Crippen LogP contribution in [0.5, 0.6) is 11.6 Å². The highest BCUT2D eigenvalue weighted by Crippen LogP contribution is 2.29.